The van der Waals surface area contributed by atoms with E-state index in [9.17, 15) is 24.0 Å². The minimum atomic E-state index is -1.22. The molecule has 30 heavy (non-hydrogen) atoms. The maximum Gasteiger partial charge on any atom is 0.317 e. The van der Waals surface area contributed by atoms with Crippen LogP contribution in [-0.2, 0) is 24.0 Å². The topological polar surface area (TPSA) is 188 Å². The van der Waals surface area contributed by atoms with Gasteiger partial charge in [-0.15, -0.1) is 0 Å². The van der Waals surface area contributed by atoms with Gasteiger partial charge in [0.25, 0.3) is 0 Å². The molecule has 0 aliphatic carbocycles. The Morgan fingerprint density at radius 2 is 0.933 bits per heavy atom. The Hall–Kier alpha value is -3.03. The largest absolute Gasteiger partial charge is 0.480 e. The smallest absolute Gasteiger partial charge is 0.317 e. The van der Waals surface area contributed by atoms with Gasteiger partial charge in [-0.25, -0.2) is 0 Å². The number of allylic oxidation sites excluding steroid dienone is 1. The molecule has 0 radical (unpaired) electrons. The third kappa shape index (κ3) is 15.0. The van der Waals surface area contributed by atoms with Crippen LogP contribution in [-0.4, -0.2) is 124 Å². The van der Waals surface area contributed by atoms with Crippen LogP contribution < -0.4 is 5.32 Å². The van der Waals surface area contributed by atoms with Gasteiger partial charge in [0.1, 0.15) is 0 Å². The van der Waals surface area contributed by atoms with E-state index in [0.29, 0.717) is 5.70 Å². The number of hydrogen-bond donors (Lipinski definition) is 5. The molecule has 170 valence electrons. The first kappa shape index (κ1) is 27.0. The third-order valence-electron chi connectivity index (χ3n) is 3.62. The fraction of sp³-hybridized carbons (Fsp3) is 0.588. The lowest BCUT2D eigenvalue weighted by atomic mass is 10.3. The van der Waals surface area contributed by atoms with Crippen LogP contribution in [0.25, 0.3) is 0 Å². The van der Waals surface area contributed by atoms with Crippen LogP contribution in [0.5, 0.6) is 0 Å². The molecule has 13 nitrogen and oxygen atoms in total. The second-order valence-corrected chi connectivity index (χ2v) is 6.60. The van der Waals surface area contributed by atoms with E-state index in [2.05, 4.69) is 11.9 Å². The molecule has 0 saturated carbocycles. The summed E-state index contributed by atoms with van der Waals surface area (Å²) in [7, 11) is 0. The molecule has 0 rings (SSSR count). The molecule has 0 unspecified atom stereocenters. The predicted octanol–water partition coefficient (Wildman–Crippen LogP) is -2.12. The van der Waals surface area contributed by atoms with Gasteiger partial charge in [-0.3, -0.25) is 38.7 Å². The first-order chi connectivity index (χ1) is 13.9. The maximum atomic E-state index is 11.9. The lowest BCUT2D eigenvalue weighted by molar-refractivity contribution is -0.143. The van der Waals surface area contributed by atoms with E-state index in [1.807, 2.05) is 0 Å². The first-order valence-electron chi connectivity index (χ1n) is 8.88. The summed E-state index contributed by atoms with van der Waals surface area (Å²) in [6.45, 7) is 3.02. The van der Waals surface area contributed by atoms with Crippen LogP contribution in [0.15, 0.2) is 12.3 Å². The van der Waals surface area contributed by atoms with Crippen molar-refractivity contribution in [3.8, 4) is 0 Å². The van der Waals surface area contributed by atoms with Crippen LogP contribution in [0, 0.1) is 0 Å². The predicted molar refractivity (Wildman–Crippen MR) is 103 cm³/mol. The molecule has 0 aromatic carbocycles. The minimum Gasteiger partial charge on any atom is -0.480 e. The molecule has 0 bridgehead atoms. The summed E-state index contributed by atoms with van der Waals surface area (Å²) in [6, 6.07) is 0. The Bertz CT molecular complexity index is 637. The second kappa shape index (κ2) is 14.0. The van der Waals surface area contributed by atoms with Crippen molar-refractivity contribution in [2.45, 2.75) is 6.92 Å². The fourth-order valence-corrected chi connectivity index (χ4v) is 2.51. The molecular weight excluding hydrogens is 404 g/mol. The van der Waals surface area contributed by atoms with Crippen LogP contribution >= 0.6 is 0 Å². The molecule has 0 spiro atoms. The Morgan fingerprint density at radius 1 is 0.633 bits per heavy atom. The average molecular weight is 432 g/mol. The van der Waals surface area contributed by atoms with Crippen molar-refractivity contribution in [2.75, 3.05) is 58.9 Å². The fourth-order valence-electron chi connectivity index (χ4n) is 2.51. The van der Waals surface area contributed by atoms with E-state index in [-0.39, 0.29) is 32.7 Å². The van der Waals surface area contributed by atoms with E-state index in [4.69, 9.17) is 20.4 Å². The highest BCUT2D eigenvalue weighted by Crippen LogP contribution is 1.97. The van der Waals surface area contributed by atoms with Crippen LogP contribution in [0.4, 0.5) is 0 Å². The minimum absolute atomic E-state index is 0.0268. The molecule has 13 heteroatoms. The molecule has 0 aliphatic rings. The second-order valence-electron chi connectivity index (χ2n) is 6.60. The Labute approximate surface area is 173 Å². The standard InChI is InChI=1S/C17H28N4O9/c1-12(2)18-13(22)7-20(9-15(25)26)5-3-19(8-14(23)24)4-6-21(10-16(27)28)11-17(29)30/h1,3-11H2,2H3,(H,18,22)(H,23,24)(H,25,26)(H,27,28)(H,29,30). The van der Waals surface area contributed by atoms with Crippen LogP contribution in [0.1, 0.15) is 6.92 Å². The van der Waals surface area contributed by atoms with Gasteiger partial charge in [0.05, 0.1) is 32.7 Å². The average Bonchev–Trinajstić information content (AvgIpc) is 2.54. The van der Waals surface area contributed by atoms with Gasteiger partial charge >= 0.3 is 23.9 Å². The Morgan fingerprint density at radius 3 is 1.27 bits per heavy atom. The normalized spacial score (nSPS) is 10.9. The summed E-state index contributed by atoms with van der Waals surface area (Å²) in [5.74, 6) is -5.25. The van der Waals surface area contributed by atoms with Crippen LogP contribution in [0.2, 0.25) is 0 Å². The van der Waals surface area contributed by atoms with Gasteiger partial charge in [0.15, 0.2) is 0 Å². The zero-order chi connectivity index (χ0) is 23.3. The summed E-state index contributed by atoms with van der Waals surface area (Å²) in [6.07, 6.45) is 0. The molecule has 0 aromatic heterocycles. The highest BCUT2D eigenvalue weighted by atomic mass is 16.4. The summed E-state index contributed by atoms with van der Waals surface area (Å²) in [5, 5.41) is 38.3. The zero-order valence-corrected chi connectivity index (χ0v) is 16.7. The van der Waals surface area contributed by atoms with Crippen LogP contribution in [0.3, 0.4) is 0 Å². The van der Waals surface area contributed by atoms with Gasteiger partial charge in [-0.1, -0.05) is 6.58 Å². The molecular formula is C17H28N4O9. The van der Waals surface area contributed by atoms with E-state index < -0.39 is 56.0 Å². The maximum absolute atomic E-state index is 11.9. The third-order valence-corrected chi connectivity index (χ3v) is 3.62. The van der Waals surface area contributed by atoms with Crippen molar-refractivity contribution in [2.24, 2.45) is 0 Å². The van der Waals surface area contributed by atoms with E-state index in [1.165, 1.54) is 9.80 Å². The number of amides is 1. The van der Waals surface area contributed by atoms with Crippen molar-refractivity contribution in [3.63, 3.8) is 0 Å². The van der Waals surface area contributed by atoms with Gasteiger partial charge in [-0.05, 0) is 6.92 Å². The number of carbonyl (C=O) groups is 5. The quantitative estimate of drug-likeness (QED) is 0.168. The van der Waals surface area contributed by atoms with Crippen molar-refractivity contribution >= 4 is 29.8 Å². The number of nitrogens with zero attached hydrogens (tertiary/aromatic N) is 3. The SMILES string of the molecule is C=C(C)NC(=O)CN(CCN(CCN(CC(=O)O)CC(=O)O)CC(=O)O)CC(=O)O. The van der Waals surface area contributed by atoms with Gasteiger partial charge in [0, 0.05) is 31.9 Å². The molecule has 5 N–H and O–H groups in total. The number of carbonyl (C=O) groups excluding carboxylic acids is 1. The zero-order valence-electron chi connectivity index (χ0n) is 16.7. The van der Waals surface area contributed by atoms with E-state index in [0.717, 1.165) is 4.90 Å². The number of hydrogen-bond acceptors (Lipinski definition) is 8. The number of nitrogens with one attached hydrogen (secondary N) is 1. The molecule has 0 aromatic rings. The van der Waals surface area contributed by atoms with E-state index in [1.54, 1.807) is 6.92 Å². The summed E-state index contributed by atoms with van der Waals surface area (Å²) >= 11 is 0. The van der Waals surface area contributed by atoms with Gasteiger partial charge < -0.3 is 25.7 Å². The summed E-state index contributed by atoms with van der Waals surface area (Å²) in [5.41, 5.74) is 0.389. The molecule has 0 fully saturated rings. The summed E-state index contributed by atoms with van der Waals surface area (Å²) in [4.78, 5) is 59.6. The first-order valence-corrected chi connectivity index (χ1v) is 8.88. The van der Waals surface area contributed by atoms with E-state index >= 15 is 0 Å². The highest BCUT2D eigenvalue weighted by molar-refractivity contribution is 5.80. The number of carboxylic acids is 4. The molecule has 0 atom stereocenters. The summed E-state index contributed by atoms with van der Waals surface area (Å²) < 4.78 is 0. The number of aliphatic carboxylic acids is 4. The molecule has 0 aliphatic heterocycles. The van der Waals surface area contributed by atoms with Crippen molar-refractivity contribution in [3.05, 3.63) is 12.3 Å². The molecule has 1 amide bonds. The number of carboxylic acid groups (broad SMARTS) is 4. The van der Waals surface area contributed by atoms with Gasteiger partial charge in [0.2, 0.25) is 5.91 Å². The van der Waals surface area contributed by atoms with Gasteiger partial charge in [-0.2, -0.15) is 0 Å². The molecule has 0 heterocycles. The molecule has 0 saturated heterocycles. The monoisotopic (exact) mass is 432 g/mol. The Balaban J connectivity index is 4.99. The van der Waals surface area contributed by atoms with Crippen molar-refractivity contribution in [1.82, 2.24) is 20.0 Å². The lowest BCUT2D eigenvalue weighted by Gasteiger charge is -2.27. The lowest BCUT2D eigenvalue weighted by Crippen LogP contribution is -2.46. The van der Waals surface area contributed by atoms with Crippen molar-refractivity contribution in [1.29, 1.82) is 0 Å². The number of rotatable bonds is 17. The Kier molecular flexibility index (Phi) is 12.6. The van der Waals surface area contributed by atoms with Crippen molar-refractivity contribution < 1.29 is 44.4 Å². The highest BCUT2D eigenvalue weighted by Gasteiger charge is 2.19.